The summed E-state index contributed by atoms with van der Waals surface area (Å²) in [4.78, 5) is 19.2. The van der Waals surface area contributed by atoms with Crippen molar-refractivity contribution in [3.8, 4) is 10.6 Å². The summed E-state index contributed by atoms with van der Waals surface area (Å²) in [5, 5.41) is 3.93. The number of aromatic nitrogens is 3. The summed E-state index contributed by atoms with van der Waals surface area (Å²) < 4.78 is 47.6. The Balaban J connectivity index is 1.65. The molecule has 0 fully saturated rings. The quantitative estimate of drug-likeness (QED) is 0.347. The minimum absolute atomic E-state index is 0.0701. The van der Waals surface area contributed by atoms with Gasteiger partial charge in [0.15, 0.2) is 17.0 Å². The molecular formula is C21H18ClF3N4O2S. The maximum atomic E-state index is 13.7. The van der Waals surface area contributed by atoms with Crippen molar-refractivity contribution < 1.29 is 22.4 Å². The summed E-state index contributed by atoms with van der Waals surface area (Å²) in [7, 11) is 1.59. The number of aryl methyl sites for hydroxylation is 1. The van der Waals surface area contributed by atoms with Gasteiger partial charge >= 0.3 is 6.18 Å². The molecule has 0 saturated heterocycles. The number of carbonyl (C=O) groups is 1. The van der Waals surface area contributed by atoms with Crippen molar-refractivity contribution in [2.24, 2.45) is 0 Å². The molecule has 1 amide bonds. The number of carbonyl (C=O) groups excluding carboxylic acids is 1. The summed E-state index contributed by atoms with van der Waals surface area (Å²) in [5.74, 6) is 0.307. The number of nitrogens with zero attached hydrogens (tertiary/aromatic N) is 4. The SMILES string of the molecule is C[C@H](CCc1ccco1)N(C)C(=O)c1cc2nc(-c3ccc(Cl)s3)cc(C(F)(F)F)n2n1. The summed E-state index contributed by atoms with van der Waals surface area (Å²) >= 11 is 7.04. The van der Waals surface area contributed by atoms with E-state index < -0.39 is 17.8 Å². The largest absolute Gasteiger partial charge is 0.469 e. The Morgan fingerprint density at radius 1 is 1.31 bits per heavy atom. The summed E-state index contributed by atoms with van der Waals surface area (Å²) in [6.07, 6.45) is -1.86. The van der Waals surface area contributed by atoms with Crippen LogP contribution in [0.1, 0.15) is 35.3 Å². The van der Waals surface area contributed by atoms with Crippen LogP contribution >= 0.6 is 22.9 Å². The first-order valence-electron chi connectivity index (χ1n) is 9.67. The number of hydrogen-bond acceptors (Lipinski definition) is 5. The lowest BCUT2D eigenvalue weighted by Gasteiger charge is -2.23. The number of furan rings is 1. The molecule has 0 bridgehead atoms. The van der Waals surface area contributed by atoms with E-state index in [1.54, 1.807) is 31.5 Å². The van der Waals surface area contributed by atoms with E-state index in [-0.39, 0.29) is 23.1 Å². The van der Waals surface area contributed by atoms with Crippen LogP contribution in [-0.2, 0) is 12.6 Å². The van der Waals surface area contributed by atoms with E-state index in [0.717, 1.165) is 23.2 Å². The van der Waals surface area contributed by atoms with E-state index in [1.807, 2.05) is 13.0 Å². The Bertz CT molecular complexity index is 1250. The van der Waals surface area contributed by atoms with Gasteiger partial charge in [-0.3, -0.25) is 4.79 Å². The van der Waals surface area contributed by atoms with Gasteiger partial charge in [0.05, 0.1) is 21.2 Å². The molecule has 4 aromatic rings. The predicted octanol–water partition coefficient (Wildman–Crippen LogP) is 5.82. The minimum atomic E-state index is -4.69. The highest BCUT2D eigenvalue weighted by Crippen LogP contribution is 2.35. The molecule has 0 aliphatic rings. The Morgan fingerprint density at radius 2 is 2.09 bits per heavy atom. The molecule has 4 aromatic heterocycles. The second-order valence-electron chi connectivity index (χ2n) is 7.31. The molecular weight excluding hydrogens is 465 g/mol. The summed E-state index contributed by atoms with van der Waals surface area (Å²) in [6.45, 7) is 1.86. The Morgan fingerprint density at radius 3 is 2.72 bits per heavy atom. The van der Waals surface area contributed by atoms with E-state index >= 15 is 0 Å². The molecule has 0 aliphatic heterocycles. The number of hydrogen-bond donors (Lipinski definition) is 0. The van der Waals surface area contributed by atoms with Gasteiger partial charge in [-0.1, -0.05) is 11.6 Å². The lowest BCUT2D eigenvalue weighted by atomic mass is 10.1. The third-order valence-corrected chi connectivity index (χ3v) is 6.39. The van der Waals surface area contributed by atoms with E-state index in [9.17, 15) is 18.0 Å². The van der Waals surface area contributed by atoms with Crippen molar-refractivity contribution in [3.05, 3.63) is 64.1 Å². The van der Waals surface area contributed by atoms with Crippen molar-refractivity contribution in [1.29, 1.82) is 0 Å². The zero-order valence-electron chi connectivity index (χ0n) is 17.1. The second kappa shape index (κ2) is 8.59. The van der Waals surface area contributed by atoms with Gasteiger partial charge in [0.25, 0.3) is 5.91 Å². The van der Waals surface area contributed by atoms with Gasteiger partial charge in [-0.15, -0.1) is 11.3 Å². The molecule has 0 spiro atoms. The number of thiophene rings is 1. The van der Waals surface area contributed by atoms with E-state index in [0.29, 0.717) is 26.6 Å². The van der Waals surface area contributed by atoms with Crippen LogP contribution in [-0.4, -0.2) is 38.5 Å². The molecule has 168 valence electrons. The fraction of sp³-hybridized carbons (Fsp3) is 0.286. The summed E-state index contributed by atoms with van der Waals surface area (Å²) in [6, 6.07) is 8.82. The van der Waals surface area contributed by atoms with Gasteiger partial charge in [0, 0.05) is 25.6 Å². The normalized spacial score (nSPS) is 12.9. The van der Waals surface area contributed by atoms with Gasteiger partial charge < -0.3 is 9.32 Å². The number of amides is 1. The molecule has 0 radical (unpaired) electrons. The molecule has 11 heteroatoms. The third-order valence-electron chi connectivity index (χ3n) is 5.13. The topological polar surface area (TPSA) is 63.6 Å². The molecule has 0 saturated carbocycles. The lowest BCUT2D eigenvalue weighted by molar-refractivity contribution is -0.142. The molecule has 0 N–H and O–H groups in total. The molecule has 0 aromatic carbocycles. The highest BCUT2D eigenvalue weighted by Gasteiger charge is 2.36. The predicted molar refractivity (Wildman–Crippen MR) is 115 cm³/mol. The zero-order valence-corrected chi connectivity index (χ0v) is 18.6. The Labute approximate surface area is 190 Å². The molecule has 4 rings (SSSR count). The zero-order chi connectivity index (χ0) is 23.0. The number of alkyl halides is 3. The summed E-state index contributed by atoms with van der Waals surface area (Å²) in [5.41, 5.74) is -1.09. The van der Waals surface area contributed by atoms with Crippen molar-refractivity contribution in [3.63, 3.8) is 0 Å². The van der Waals surface area contributed by atoms with Crippen LogP contribution in [0.25, 0.3) is 16.2 Å². The van der Waals surface area contributed by atoms with Crippen LogP contribution in [0, 0.1) is 0 Å². The monoisotopic (exact) mass is 482 g/mol. The highest BCUT2D eigenvalue weighted by atomic mass is 35.5. The fourth-order valence-electron chi connectivity index (χ4n) is 3.24. The lowest BCUT2D eigenvalue weighted by Crippen LogP contribution is -2.35. The molecule has 1 atom stereocenters. The van der Waals surface area contributed by atoms with E-state index in [1.165, 1.54) is 11.0 Å². The van der Waals surface area contributed by atoms with Crippen LogP contribution in [0.4, 0.5) is 13.2 Å². The number of fused-ring (bicyclic) bond motifs is 1. The van der Waals surface area contributed by atoms with Crippen molar-refractivity contribution in [2.45, 2.75) is 32.0 Å². The van der Waals surface area contributed by atoms with Gasteiger partial charge in [0.1, 0.15) is 5.76 Å². The van der Waals surface area contributed by atoms with Gasteiger partial charge in [0.2, 0.25) is 0 Å². The second-order valence-corrected chi connectivity index (χ2v) is 9.03. The average molecular weight is 483 g/mol. The van der Waals surface area contributed by atoms with Crippen LogP contribution in [0.2, 0.25) is 4.34 Å². The number of rotatable bonds is 6. The van der Waals surface area contributed by atoms with E-state index in [4.69, 9.17) is 16.0 Å². The van der Waals surface area contributed by atoms with Crippen LogP contribution in [0.3, 0.4) is 0 Å². The van der Waals surface area contributed by atoms with Gasteiger partial charge in [-0.05, 0) is 43.7 Å². The number of halogens is 4. The third kappa shape index (κ3) is 4.51. The van der Waals surface area contributed by atoms with Gasteiger partial charge in [-0.25, -0.2) is 9.50 Å². The first-order chi connectivity index (χ1) is 15.1. The maximum Gasteiger partial charge on any atom is 0.433 e. The molecule has 6 nitrogen and oxygen atoms in total. The van der Waals surface area contributed by atoms with Crippen LogP contribution in [0.5, 0.6) is 0 Å². The van der Waals surface area contributed by atoms with Crippen molar-refractivity contribution >= 4 is 34.5 Å². The molecule has 4 heterocycles. The molecule has 0 aliphatic carbocycles. The minimum Gasteiger partial charge on any atom is -0.469 e. The first-order valence-corrected chi connectivity index (χ1v) is 10.9. The van der Waals surface area contributed by atoms with Crippen molar-refractivity contribution in [1.82, 2.24) is 19.5 Å². The van der Waals surface area contributed by atoms with Crippen LogP contribution < -0.4 is 0 Å². The van der Waals surface area contributed by atoms with Crippen molar-refractivity contribution in [2.75, 3.05) is 7.05 Å². The fourth-order valence-corrected chi connectivity index (χ4v) is 4.24. The van der Waals surface area contributed by atoms with Gasteiger partial charge in [-0.2, -0.15) is 18.3 Å². The average Bonchev–Trinajstić information content (AvgIpc) is 3.49. The first kappa shape index (κ1) is 22.3. The smallest absolute Gasteiger partial charge is 0.433 e. The standard InChI is InChI=1S/C21H18ClF3N4O2S/c1-12(5-6-13-4-3-9-31-13)28(2)20(30)15-11-19-26-14(16-7-8-18(22)32-16)10-17(21(23,24)25)29(19)27-15/h3-4,7-12H,5-6H2,1-2H3/t12-/m1/s1. The maximum absolute atomic E-state index is 13.7. The Hall–Kier alpha value is -2.85. The van der Waals surface area contributed by atoms with Crippen LogP contribution in [0.15, 0.2) is 47.1 Å². The highest BCUT2D eigenvalue weighted by molar-refractivity contribution is 7.19. The van der Waals surface area contributed by atoms with E-state index in [2.05, 4.69) is 10.1 Å². The Kier molecular flexibility index (Phi) is 6.00. The molecule has 0 unspecified atom stereocenters. The molecule has 32 heavy (non-hydrogen) atoms.